The Bertz CT molecular complexity index is 1060. The second-order valence-corrected chi connectivity index (χ2v) is 16.0. The van der Waals surface area contributed by atoms with Crippen LogP contribution in [0.5, 0.6) is 0 Å². The maximum atomic E-state index is 13.5. The minimum atomic E-state index is -1.34. The lowest BCUT2D eigenvalue weighted by atomic mass is 9.78. The smallest absolute Gasteiger partial charge is 0.309 e. The van der Waals surface area contributed by atoms with Gasteiger partial charge in [-0.2, -0.15) is 0 Å². The highest BCUT2D eigenvalue weighted by atomic mass is 32.1. The molecule has 2 aliphatic rings. The molecule has 41 heavy (non-hydrogen) atoms. The first-order valence-corrected chi connectivity index (χ1v) is 15.7. The number of allylic oxidation sites excluding steroid dienone is 4. The molecule has 9 heteroatoms. The molecule has 2 unspecified atom stereocenters. The van der Waals surface area contributed by atoms with Crippen molar-refractivity contribution in [1.82, 2.24) is 0 Å². The van der Waals surface area contributed by atoms with Gasteiger partial charge in [0.25, 0.3) is 0 Å². The van der Waals surface area contributed by atoms with Crippen LogP contribution in [-0.4, -0.2) is 44.2 Å². The topological polar surface area (TPSA) is 110 Å². The molecule has 0 amide bonds. The molecule has 2 heterocycles. The highest BCUT2D eigenvalue weighted by Crippen LogP contribution is 2.46. The maximum Gasteiger partial charge on any atom is 0.309 e. The van der Waals surface area contributed by atoms with Gasteiger partial charge in [-0.05, 0) is 84.8 Å². The number of carbonyl (C=O) groups is 3. The third-order valence-electron chi connectivity index (χ3n) is 8.33. The summed E-state index contributed by atoms with van der Waals surface area (Å²) in [4.78, 5) is 35.5. The van der Waals surface area contributed by atoms with Crippen molar-refractivity contribution in [2.45, 2.75) is 129 Å². The molecule has 0 aliphatic carbocycles. The Balaban J connectivity index is 2.08. The van der Waals surface area contributed by atoms with Crippen LogP contribution in [0.15, 0.2) is 23.7 Å². The van der Waals surface area contributed by atoms with Crippen molar-refractivity contribution in [3.05, 3.63) is 23.7 Å². The summed E-state index contributed by atoms with van der Waals surface area (Å²) < 4.78 is 12.4. The first-order valence-electron chi connectivity index (χ1n) is 14.8. The molecule has 234 valence electrons. The third kappa shape index (κ3) is 9.27. The number of ketones is 2. The molecule has 0 aromatic rings. The number of aliphatic carboxylic acids is 1. The van der Waals surface area contributed by atoms with Crippen LogP contribution in [-0.2, 0) is 23.9 Å². The number of aliphatic hydroxyl groups is 1. The van der Waals surface area contributed by atoms with Gasteiger partial charge in [0.05, 0.1) is 16.9 Å². The number of hydrogen-bond acceptors (Lipinski definition) is 8. The van der Waals surface area contributed by atoms with E-state index in [-0.39, 0.29) is 30.0 Å². The van der Waals surface area contributed by atoms with Crippen molar-refractivity contribution < 1.29 is 34.1 Å². The number of carboxylic acids is 1. The number of aliphatic hydroxyl groups excluding tert-OH is 1. The summed E-state index contributed by atoms with van der Waals surface area (Å²) >= 11 is 9.49. The average Bonchev–Trinajstić information content (AvgIpc) is 2.85. The molecule has 0 bridgehead atoms. The lowest BCUT2D eigenvalue weighted by Gasteiger charge is -2.42. The van der Waals surface area contributed by atoms with E-state index in [2.05, 4.69) is 0 Å². The Morgan fingerprint density at radius 2 is 1.24 bits per heavy atom. The Morgan fingerprint density at radius 1 is 0.780 bits per heavy atom. The lowest BCUT2D eigenvalue weighted by molar-refractivity contribution is -0.147. The number of carbonyl (C=O) groups excluding carboxylic acids is 2. The van der Waals surface area contributed by atoms with Crippen LogP contribution in [0.4, 0.5) is 0 Å². The minimum Gasteiger partial charge on any atom is -0.481 e. The summed E-state index contributed by atoms with van der Waals surface area (Å²) in [7, 11) is 0. The molecule has 0 aromatic carbocycles. The summed E-state index contributed by atoms with van der Waals surface area (Å²) in [5.41, 5.74) is -2.52. The van der Waals surface area contributed by atoms with E-state index in [1.807, 2.05) is 47.6 Å². The van der Waals surface area contributed by atoms with Gasteiger partial charge in [0.1, 0.15) is 0 Å². The lowest BCUT2D eigenvalue weighted by Crippen LogP contribution is -2.48. The van der Waals surface area contributed by atoms with Crippen molar-refractivity contribution in [3.8, 4) is 0 Å². The van der Waals surface area contributed by atoms with E-state index in [1.54, 1.807) is 19.9 Å². The zero-order valence-electron chi connectivity index (χ0n) is 26.3. The maximum absolute atomic E-state index is 13.5. The summed E-state index contributed by atoms with van der Waals surface area (Å²) in [5, 5.41) is 18.9. The zero-order chi connectivity index (χ0) is 31.5. The van der Waals surface area contributed by atoms with E-state index in [9.17, 15) is 24.6 Å². The Morgan fingerprint density at radius 3 is 1.73 bits per heavy atom. The molecule has 0 fully saturated rings. The predicted molar refractivity (Wildman–Crippen MR) is 168 cm³/mol. The van der Waals surface area contributed by atoms with Crippen molar-refractivity contribution >= 4 is 42.8 Å². The summed E-state index contributed by atoms with van der Waals surface area (Å²) in [6, 6.07) is 0. The fourth-order valence-corrected chi connectivity index (χ4v) is 6.50. The van der Waals surface area contributed by atoms with E-state index in [0.717, 1.165) is 25.0 Å². The Hall–Kier alpha value is -1.45. The van der Waals surface area contributed by atoms with E-state index >= 15 is 0 Å². The number of carboxylic acid groups (broad SMARTS) is 1. The second kappa shape index (κ2) is 13.0. The molecule has 2 aliphatic heterocycles. The molecule has 0 spiro atoms. The minimum absolute atomic E-state index is 0.121. The van der Waals surface area contributed by atoms with Crippen LogP contribution in [0.3, 0.4) is 0 Å². The number of Topliss-reactive ketones (excluding diaryl/α,β-unsaturated/α-hetero) is 2. The van der Waals surface area contributed by atoms with Crippen LogP contribution >= 0.6 is 25.3 Å². The van der Waals surface area contributed by atoms with Crippen molar-refractivity contribution in [1.29, 1.82) is 0 Å². The fourth-order valence-electron chi connectivity index (χ4n) is 5.42. The van der Waals surface area contributed by atoms with Crippen LogP contribution in [0.1, 0.15) is 120 Å². The van der Waals surface area contributed by atoms with E-state index < -0.39 is 32.1 Å². The van der Waals surface area contributed by atoms with Gasteiger partial charge in [-0.3, -0.25) is 14.4 Å². The standard InChI is InChI=1S/C32H52O7S2/c1-27(2,21-33)15-10-9-13-22-19-29(5,6)25(35)32(41,38-22)18-14-23-20-30(7,8)24(34)31(40,39-23)17-12-11-16-28(3,4)26(36)37/h19-20,33,40-41H,9-18,21H2,1-8H3,(H,36,37). The van der Waals surface area contributed by atoms with Gasteiger partial charge in [0.15, 0.2) is 11.6 Å². The zero-order valence-corrected chi connectivity index (χ0v) is 28.1. The monoisotopic (exact) mass is 612 g/mol. The van der Waals surface area contributed by atoms with Gasteiger partial charge < -0.3 is 19.7 Å². The molecule has 0 aromatic heterocycles. The normalized spacial score (nSPS) is 26.1. The summed E-state index contributed by atoms with van der Waals surface area (Å²) in [6.07, 6.45) is 9.73. The highest BCUT2D eigenvalue weighted by molar-refractivity contribution is 7.82. The van der Waals surface area contributed by atoms with Gasteiger partial charge in [-0.25, -0.2) is 0 Å². The highest BCUT2D eigenvalue weighted by Gasteiger charge is 2.51. The molecule has 2 rings (SSSR count). The molecule has 0 saturated heterocycles. The molecule has 0 saturated carbocycles. The third-order valence-corrected chi connectivity index (χ3v) is 9.37. The van der Waals surface area contributed by atoms with Gasteiger partial charge in [0.2, 0.25) is 9.87 Å². The molecular weight excluding hydrogens is 560 g/mol. The molecule has 7 nitrogen and oxygen atoms in total. The predicted octanol–water partition coefficient (Wildman–Crippen LogP) is 7.29. The Labute approximate surface area is 257 Å². The van der Waals surface area contributed by atoms with Gasteiger partial charge >= 0.3 is 5.97 Å². The van der Waals surface area contributed by atoms with E-state index in [4.69, 9.17) is 34.7 Å². The van der Waals surface area contributed by atoms with Crippen LogP contribution in [0, 0.1) is 21.7 Å². The first-order chi connectivity index (χ1) is 18.6. The van der Waals surface area contributed by atoms with Crippen molar-refractivity contribution in [2.24, 2.45) is 21.7 Å². The van der Waals surface area contributed by atoms with Crippen LogP contribution < -0.4 is 0 Å². The van der Waals surface area contributed by atoms with Crippen molar-refractivity contribution in [2.75, 3.05) is 6.61 Å². The number of hydrogen-bond donors (Lipinski definition) is 4. The number of unbranched alkanes of at least 4 members (excludes halogenated alkanes) is 2. The largest absolute Gasteiger partial charge is 0.481 e. The molecule has 2 N–H and O–H groups in total. The van der Waals surface area contributed by atoms with E-state index in [1.165, 1.54) is 0 Å². The van der Waals surface area contributed by atoms with Gasteiger partial charge in [0, 0.05) is 43.1 Å². The van der Waals surface area contributed by atoms with E-state index in [0.29, 0.717) is 44.3 Å². The summed E-state index contributed by atoms with van der Waals surface area (Å²) in [5.74, 6) is 0.203. The number of ether oxygens (including phenoxy) is 2. The molecule has 0 radical (unpaired) electrons. The van der Waals surface area contributed by atoms with Crippen LogP contribution in [0.25, 0.3) is 0 Å². The number of thiol groups is 2. The van der Waals surface area contributed by atoms with Crippen molar-refractivity contribution in [3.63, 3.8) is 0 Å². The van der Waals surface area contributed by atoms with Gasteiger partial charge in [-0.15, -0.1) is 25.3 Å². The SMILES string of the molecule is CC(C)(CO)CCCCC1=CC(C)(C)C(=O)C(S)(CCC2=CC(C)(C)C(=O)C(S)(CCCCC(C)(C)C(=O)O)O2)O1. The first kappa shape index (κ1) is 35.7. The number of rotatable bonds is 15. The second-order valence-electron chi connectivity index (χ2n) is 14.5. The van der Waals surface area contributed by atoms with Gasteiger partial charge in [-0.1, -0.05) is 26.7 Å². The molecular formula is C32H52O7S2. The van der Waals surface area contributed by atoms with Crippen LogP contribution in [0.2, 0.25) is 0 Å². The molecule has 2 atom stereocenters. The quantitative estimate of drug-likeness (QED) is 0.114. The summed E-state index contributed by atoms with van der Waals surface area (Å²) in [6.45, 7) is 15.0. The fraction of sp³-hybridized carbons (Fsp3) is 0.781. The Kier molecular flexibility index (Phi) is 11.4. The average molecular weight is 613 g/mol.